The van der Waals surface area contributed by atoms with Gasteiger partial charge in [-0.25, -0.2) is 9.37 Å². The molecule has 5 nitrogen and oxygen atoms in total. The number of aliphatic hydroxyl groups is 1. The van der Waals surface area contributed by atoms with E-state index in [1.54, 1.807) is 43.3 Å². The largest absolute Gasteiger partial charge is 0.507 e. The maximum Gasteiger partial charge on any atom is 0.301 e. The number of hydrogen-bond donors (Lipinski definition) is 1. The van der Waals surface area contributed by atoms with Gasteiger partial charge in [0.05, 0.1) is 11.3 Å². The number of halogens is 1. The van der Waals surface area contributed by atoms with Crippen molar-refractivity contribution in [2.75, 3.05) is 4.90 Å². The van der Waals surface area contributed by atoms with Gasteiger partial charge in [-0.3, -0.25) is 14.5 Å². The fourth-order valence-corrected chi connectivity index (χ4v) is 4.27. The summed E-state index contributed by atoms with van der Waals surface area (Å²) in [6, 6.07) is 13.2. The Balaban J connectivity index is 1.99. The second-order valence-corrected chi connectivity index (χ2v) is 7.88. The molecule has 4 rings (SSSR count). The van der Waals surface area contributed by atoms with Crippen LogP contribution in [0.4, 0.5) is 9.52 Å². The molecule has 7 heteroatoms. The smallest absolute Gasteiger partial charge is 0.301 e. The Kier molecular flexibility index (Phi) is 4.76. The van der Waals surface area contributed by atoms with Crippen LogP contribution < -0.4 is 4.90 Å². The van der Waals surface area contributed by atoms with E-state index in [2.05, 4.69) is 4.98 Å². The molecule has 1 atom stereocenters. The number of carbonyl (C=O) groups is 2. The molecule has 1 aliphatic heterocycles. The zero-order chi connectivity index (χ0) is 20.7. The summed E-state index contributed by atoms with van der Waals surface area (Å²) in [7, 11) is 0. The van der Waals surface area contributed by atoms with Gasteiger partial charge in [-0.2, -0.15) is 0 Å². The van der Waals surface area contributed by atoms with Crippen LogP contribution in [0.1, 0.15) is 27.7 Å². The van der Waals surface area contributed by atoms with E-state index in [0.717, 1.165) is 10.6 Å². The highest BCUT2D eigenvalue weighted by Crippen LogP contribution is 2.44. The third kappa shape index (κ3) is 3.13. The van der Waals surface area contributed by atoms with Crippen LogP contribution in [-0.4, -0.2) is 21.8 Å². The Hall–Kier alpha value is -3.32. The van der Waals surface area contributed by atoms with Crippen molar-refractivity contribution < 1.29 is 19.1 Å². The van der Waals surface area contributed by atoms with Crippen LogP contribution in [0.5, 0.6) is 0 Å². The zero-order valence-corrected chi connectivity index (χ0v) is 16.5. The molecule has 0 aliphatic carbocycles. The Morgan fingerprint density at radius 1 is 1.07 bits per heavy atom. The second kappa shape index (κ2) is 7.25. The van der Waals surface area contributed by atoms with E-state index >= 15 is 0 Å². The SMILES string of the molecule is Cc1nc(N2C(=O)C(=O)C(=C(O)c3ccccc3)C2c2ccccc2F)sc1C. The topological polar surface area (TPSA) is 70.5 Å². The van der Waals surface area contributed by atoms with E-state index < -0.39 is 23.5 Å². The third-order valence-electron chi connectivity index (χ3n) is 4.91. The van der Waals surface area contributed by atoms with Gasteiger partial charge in [-0.15, -0.1) is 11.3 Å². The molecule has 146 valence electrons. The number of aromatic nitrogens is 1. The first-order valence-electron chi connectivity index (χ1n) is 8.95. The van der Waals surface area contributed by atoms with Gasteiger partial charge >= 0.3 is 5.91 Å². The summed E-state index contributed by atoms with van der Waals surface area (Å²) in [4.78, 5) is 32.3. The molecule has 0 spiro atoms. The van der Waals surface area contributed by atoms with Crippen molar-refractivity contribution in [3.05, 3.63) is 87.7 Å². The number of anilines is 1. The lowest BCUT2D eigenvalue weighted by molar-refractivity contribution is -0.132. The fraction of sp³-hybridized carbons (Fsp3) is 0.136. The molecule has 0 saturated carbocycles. The van der Waals surface area contributed by atoms with Crippen molar-refractivity contribution in [3.8, 4) is 0 Å². The normalized spacial score (nSPS) is 18.4. The van der Waals surface area contributed by atoms with Crippen LogP contribution >= 0.6 is 11.3 Å². The molecule has 2 aromatic carbocycles. The van der Waals surface area contributed by atoms with E-state index in [1.165, 1.54) is 34.4 Å². The molecule has 29 heavy (non-hydrogen) atoms. The molecule has 3 aromatic rings. The summed E-state index contributed by atoms with van der Waals surface area (Å²) in [5.74, 6) is -2.63. The van der Waals surface area contributed by atoms with Gasteiger partial charge in [0.15, 0.2) is 5.13 Å². The van der Waals surface area contributed by atoms with Gasteiger partial charge in [0.25, 0.3) is 5.78 Å². The first-order chi connectivity index (χ1) is 13.9. The lowest BCUT2D eigenvalue weighted by Crippen LogP contribution is -2.29. The zero-order valence-electron chi connectivity index (χ0n) is 15.7. The lowest BCUT2D eigenvalue weighted by Gasteiger charge is -2.23. The van der Waals surface area contributed by atoms with Crippen molar-refractivity contribution in [2.45, 2.75) is 19.9 Å². The average molecular weight is 408 g/mol. The maximum absolute atomic E-state index is 14.7. The first kappa shape index (κ1) is 19.0. The van der Waals surface area contributed by atoms with E-state index in [-0.39, 0.29) is 16.9 Å². The number of carbonyl (C=O) groups excluding carboxylic acids is 2. The number of aliphatic hydroxyl groups excluding tert-OH is 1. The molecular weight excluding hydrogens is 391 g/mol. The van der Waals surface area contributed by atoms with Crippen molar-refractivity contribution in [2.24, 2.45) is 0 Å². The number of amides is 1. The minimum Gasteiger partial charge on any atom is -0.507 e. The highest BCUT2D eigenvalue weighted by Gasteiger charge is 2.49. The molecule has 0 bridgehead atoms. The van der Waals surface area contributed by atoms with Crippen molar-refractivity contribution >= 4 is 33.9 Å². The fourth-order valence-electron chi connectivity index (χ4n) is 3.33. The number of rotatable bonds is 3. The highest BCUT2D eigenvalue weighted by atomic mass is 32.1. The number of benzene rings is 2. The third-order valence-corrected chi connectivity index (χ3v) is 5.99. The minimum atomic E-state index is -1.11. The number of aryl methyl sites for hydroxylation is 2. The number of hydrogen-bond acceptors (Lipinski definition) is 5. The van der Waals surface area contributed by atoms with E-state index in [4.69, 9.17) is 0 Å². The summed E-state index contributed by atoms with van der Waals surface area (Å²) >= 11 is 1.25. The first-order valence-corrected chi connectivity index (χ1v) is 9.76. The van der Waals surface area contributed by atoms with Gasteiger partial charge in [-0.05, 0) is 19.9 Å². The lowest BCUT2D eigenvalue weighted by atomic mass is 9.95. The van der Waals surface area contributed by atoms with Crippen LogP contribution in [0.25, 0.3) is 5.76 Å². The molecule has 1 aliphatic rings. The van der Waals surface area contributed by atoms with E-state index in [1.807, 2.05) is 6.92 Å². The summed E-state index contributed by atoms with van der Waals surface area (Å²) in [6.45, 7) is 3.66. The van der Waals surface area contributed by atoms with Gasteiger partial charge < -0.3 is 5.11 Å². The Morgan fingerprint density at radius 3 is 2.34 bits per heavy atom. The predicted molar refractivity (Wildman–Crippen MR) is 109 cm³/mol. The monoisotopic (exact) mass is 408 g/mol. The Morgan fingerprint density at radius 2 is 1.72 bits per heavy atom. The van der Waals surface area contributed by atoms with Crippen LogP contribution in [-0.2, 0) is 9.59 Å². The van der Waals surface area contributed by atoms with Crippen LogP contribution in [0.15, 0.2) is 60.2 Å². The second-order valence-electron chi connectivity index (χ2n) is 6.69. The van der Waals surface area contributed by atoms with Crippen LogP contribution in [0.2, 0.25) is 0 Å². The van der Waals surface area contributed by atoms with Crippen molar-refractivity contribution in [1.82, 2.24) is 4.98 Å². The van der Waals surface area contributed by atoms with Gasteiger partial charge in [0.2, 0.25) is 0 Å². The molecule has 0 radical (unpaired) electrons. The van der Waals surface area contributed by atoms with E-state index in [0.29, 0.717) is 10.7 Å². The van der Waals surface area contributed by atoms with Crippen molar-refractivity contribution in [3.63, 3.8) is 0 Å². The van der Waals surface area contributed by atoms with Crippen molar-refractivity contribution in [1.29, 1.82) is 0 Å². The molecule has 1 unspecified atom stereocenters. The molecular formula is C22H17FN2O3S. The predicted octanol–water partition coefficient (Wildman–Crippen LogP) is 4.53. The summed E-state index contributed by atoms with van der Waals surface area (Å²) in [5.41, 5.74) is 1.06. The van der Waals surface area contributed by atoms with Gasteiger partial charge in [0, 0.05) is 16.0 Å². The van der Waals surface area contributed by atoms with E-state index in [9.17, 15) is 19.1 Å². The Bertz CT molecular complexity index is 1130. The minimum absolute atomic E-state index is 0.120. The number of nitrogens with zero attached hydrogens (tertiary/aromatic N) is 2. The average Bonchev–Trinajstić information content (AvgIpc) is 3.18. The molecule has 1 N–H and O–H groups in total. The van der Waals surface area contributed by atoms with Gasteiger partial charge in [-0.1, -0.05) is 48.5 Å². The van der Waals surface area contributed by atoms with Crippen LogP contribution in [0.3, 0.4) is 0 Å². The molecule has 1 saturated heterocycles. The Labute approximate surface area is 170 Å². The molecule has 2 heterocycles. The maximum atomic E-state index is 14.7. The standard InChI is InChI=1S/C22H17FN2O3S/c1-12-13(2)29-22(24-12)25-18(15-10-6-7-11-16(15)23)17(20(27)21(25)28)19(26)14-8-4-3-5-9-14/h3-11,18,26H,1-2H3. The molecule has 1 fully saturated rings. The number of Topliss-reactive ketones (excluding diaryl/α,β-unsaturated/α-hetero) is 1. The number of thiazole rings is 1. The van der Waals surface area contributed by atoms with Gasteiger partial charge in [0.1, 0.15) is 17.6 Å². The number of ketones is 1. The highest BCUT2D eigenvalue weighted by molar-refractivity contribution is 7.16. The quantitative estimate of drug-likeness (QED) is 0.393. The summed E-state index contributed by atoms with van der Waals surface area (Å²) in [6.07, 6.45) is 0. The van der Waals surface area contributed by atoms with Crippen LogP contribution in [0, 0.1) is 19.7 Å². The molecule has 1 aromatic heterocycles. The summed E-state index contributed by atoms with van der Waals surface area (Å²) in [5, 5.41) is 11.2. The summed E-state index contributed by atoms with van der Waals surface area (Å²) < 4.78 is 14.7. The molecule has 1 amide bonds.